The van der Waals surface area contributed by atoms with E-state index in [9.17, 15) is 4.57 Å². The minimum Gasteiger partial charge on any atom is -0.307 e. The zero-order valence-corrected chi connectivity index (χ0v) is 13.8. The molecule has 0 bridgehead atoms. The van der Waals surface area contributed by atoms with Crippen molar-refractivity contribution in [3.05, 3.63) is 35.9 Å². The summed E-state index contributed by atoms with van der Waals surface area (Å²) in [5.74, 6) is 0. The molecule has 0 saturated carbocycles. The highest BCUT2D eigenvalue weighted by molar-refractivity contribution is 7.55. The molecule has 0 radical (unpaired) electrons. The van der Waals surface area contributed by atoms with Gasteiger partial charge < -0.3 is 9.05 Å². The normalized spacial score (nSPS) is 15.0. The lowest BCUT2D eigenvalue weighted by Crippen LogP contribution is -2.42. The van der Waals surface area contributed by atoms with Crippen molar-refractivity contribution in [3.63, 3.8) is 0 Å². The minimum atomic E-state index is -3.31. The van der Waals surface area contributed by atoms with Gasteiger partial charge in [-0.15, -0.1) is 0 Å². The van der Waals surface area contributed by atoms with Crippen LogP contribution in [0.4, 0.5) is 0 Å². The second-order valence-electron chi connectivity index (χ2n) is 4.44. The van der Waals surface area contributed by atoms with Crippen LogP contribution in [0.2, 0.25) is 0 Å². The first kappa shape index (κ1) is 17.4. The first-order valence-corrected chi connectivity index (χ1v) is 8.84. The maximum Gasteiger partial charge on any atom is 0.355 e. The van der Waals surface area contributed by atoms with Crippen LogP contribution in [-0.2, 0) is 18.9 Å². The molecule has 4 nitrogen and oxygen atoms in total. The fourth-order valence-corrected chi connectivity index (χ4v) is 4.88. The summed E-state index contributed by atoms with van der Waals surface area (Å²) in [5, 5.41) is 2.56. The molecular formula is C15H26NO3P. The maximum atomic E-state index is 13.3. The molecule has 0 spiro atoms. The van der Waals surface area contributed by atoms with E-state index in [2.05, 4.69) is 5.32 Å². The summed E-state index contributed by atoms with van der Waals surface area (Å²) in [5.41, 5.74) is 0.939. The van der Waals surface area contributed by atoms with Gasteiger partial charge in [0, 0.05) is 0 Å². The molecule has 0 heterocycles. The lowest BCUT2D eigenvalue weighted by atomic mass is 10.0. The number of hydrogen-bond donors (Lipinski definition) is 1. The van der Waals surface area contributed by atoms with Gasteiger partial charge in [0.1, 0.15) is 5.28 Å². The molecular weight excluding hydrogens is 273 g/mol. The molecule has 1 rings (SSSR count). The Bertz CT molecular complexity index is 428. The maximum absolute atomic E-state index is 13.3. The summed E-state index contributed by atoms with van der Waals surface area (Å²) < 4.78 is 24.6. The Morgan fingerprint density at radius 2 is 1.60 bits per heavy atom. The molecule has 1 aromatic rings. The van der Waals surface area contributed by atoms with E-state index < -0.39 is 12.9 Å². The largest absolute Gasteiger partial charge is 0.355 e. The second-order valence-corrected chi connectivity index (χ2v) is 6.72. The number of hydrogen-bond acceptors (Lipinski definition) is 4. The van der Waals surface area contributed by atoms with Gasteiger partial charge in [-0.05, 0) is 32.4 Å². The highest BCUT2D eigenvalue weighted by atomic mass is 31.2. The van der Waals surface area contributed by atoms with Gasteiger partial charge in [-0.3, -0.25) is 9.88 Å². The third kappa shape index (κ3) is 3.32. The summed E-state index contributed by atoms with van der Waals surface area (Å²) in [7, 11) is -3.31. The molecule has 0 aliphatic rings. The Hall–Kier alpha value is -0.670. The van der Waals surface area contributed by atoms with Crippen LogP contribution in [0.5, 0.6) is 0 Å². The van der Waals surface area contributed by atoms with Gasteiger partial charge in [-0.25, -0.2) is 0 Å². The van der Waals surface area contributed by atoms with Gasteiger partial charge in [0.2, 0.25) is 0 Å². The quantitative estimate of drug-likeness (QED) is 0.697. The van der Waals surface area contributed by atoms with Crippen LogP contribution in [0.15, 0.2) is 30.3 Å². The van der Waals surface area contributed by atoms with Crippen LogP contribution in [0.3, 0.4) is 0 Å². The Kier molecular flexibility index (Phi) is 6.90. The molecule has 0 aromatic heterocycles. The van der Waals surface area contributed by atoms with Crippen LogP contribution >= 0.6 is 7.60 Å². The van der Waals surface area contributed by atoms with Crippen molar-refractivity contribution in [3.8, 4) is 0 Å². The summed E-state index contributed by atoms with van der Waals surface area (Å²) in [6.07, 6.45) is 0.627. The number of rotatable bonds is 9. The average Bonchev–Trinajstić information content (AvgIpc) is 2.46. The van der Waals surface area contributed by atoms with Gasteiger partial charge in [-0.2, -0.15) is 0 Å². The summed E-state index contributed by atoms with van der Waals surface area (Å²) >= 11 is 0. The van der Waals surface area contributed by atoms with E-state index in [1.807, 2.05) is 58.0 Å². The lowest BCUT2D eigenvalue weighted by Gasteiger charge is -2.39. The van der Waals surface area contributed by atoms with Crippen molar-refractivity contribution in [2.45, 2.75) is 39.4 Å². The smallest absolute Gasteiger partial charge is 0.307 e. The molecule has 114 valence electrons. The predicted molar refractivity (Wildman–Crippen MR) is 82.9 cm³/mol. The Morgan fingerprint density at radius 3 is 2.00 bits per heavy atom. The zero-order chi connectivity index (χ0) is 15.1. The van der Waals surface area contributed by atoms with Gasteiger partial charge >= 0.3 is 7.60 Å². The van der Waals surface area contributed by atoms with Crippen molar-refractivity contribution >= 4 is 7.60 Å². The zero-order valence-electron chi connectivity index (χ0n) is 12.9. The van der Waals surface area contributed by atoms with E-state index in [4.69, 9.17) is 9.05 Å². The van der Waals surface area contributed by atoms with Crippen molar-refractivity contribution in [2.24, 2.45) is 0 Å². The van der Waals surface area contributed by atoms with E-state index in [-0.39, 0.29) is 0 Å². The van der Waals surface area contributed by atoms with E-state index in [0.29, 0.717) is 26.2 Å². The highest BCUT2D eigenvalue weighted by Gasteiger charge is 2.50. The molecule has 0 aliphatic carbocycles. The molecule has 20 heavy (non-hydrogen) atoms. The summed E-state index contributed by atoms with van der Waals surface area (Å²) in [6, 6.07) is 9.77. The third-order valence-electron chi connectivity index (χ3n) is 3.30. The number of benzene rings is 1. The Labute approximate surface area is 122 Å². The monoisotopic (exact) mass is 299 g/mol. The summed E-state index contributed by atoms with van der Waals surface area (Å²) in [4.78, 5) is 0. The lowest BCUT2D eigenvalue weighted by molar-refractivity contribution is 0.183. The highest BCUT2D eigenvalue weighted by Crippen LogP contribution is 2.64. The van der Waals surface area contributed by atoms with Gasteiger partial charge in [-0.1, -0.05) is 44.2 Å². The van der Waals surface area contributed by atoms with E-state index in [1.165, 1.54) is 0 Å². The summed E-state index contributed by atoms with van der Waals surface area (Å²) in [6.45, 7) is 9.07. The van der Waals surface area contributed by atoms with Crippen molar-refractivity contribution in [2.75, 3.05) is 19.8 Å². The topological polar surface area (TPSA) is 47.6 Å². The number of nitrogens with one attached hydrogen (secondary N) is 1. The van der Waals surface area contributed by atoms with Gasteiger partial charge in [0.15, 0.2) is 0 Å². The van der Waals surface area contributed by atoms with Gasteiger partial charge in [0.05, 0.1) is 13.2 Å². The Balaban J connectivity index is 3.38. The van der Waals surface area contributed by atoms with E-state index in [0.717, 1.165) is 5.56 Å². The first-order valence-electron chi connectivity index (χ1n) is 7.29. The van der Waals surface area contributed by atoms with Crippen LogP contribution in [0, 0.1) is 0 Å². The van der Waals surface area contributed by atoms with Crippen LogP contribution in [-0.4, -0.2) is 19.8 Å². The first-order chi connectivity index (χ1) is 9.60. The molecule has 1 atom stereocenters. The predicted octanol–water partition coefficient (Wildman–Crippen LogP) is 4.13. The molecule has 1 N–H and O–H groups in total. The second kappa shape index (κ2) is 7.94. The van der Waals surface area contributed by atoms with Crippen LogP contribution in [0.25, 0.3) is 0 Å². The van der Waals surface area contributed by atoms with Crippen LogP contribution in [0.1, 0.15) is 39.7 Å². The molecule has 0 aliphatic heterocycles. The standard InChI is InChI=1S/C15H26NO3P/c1-5-15(16-6-2,14-12-10-9-11-13-14)20(17,18-7-3)19-8-4/h9-13,16H,5-8H2,1-4H3. The fourth-order valence-electron chi connectivity index (χ4n) is 2.48. The van der Waals surface area contributed by atoms with Crippen molar-refractivity contribution < 1.29 is 13.6 Å². The molecule has 0 fully saturated rings. The molecule has 1 aromatic carbocycles. The third-order valence-corrected chi connectivity index (χ3v) is 6.16. The van der Waals surface area contributed by atoms with Gasteiger partial charge in [0.25, 0.3) is 0 Å². The fraction of sp³-hybridized carbons (Fsp3) is 0.600. The SMILES string of the molecule is CCNC(CC)(c1ccccc1)P(=O)(OCC)OCC. The van der Waals surface area contributed by atoms with Crippen molar-refractivity contribution in [1.82, 2.24) is 5.32 Å². The minimum absolute atomic E-state index is 0.358. The Morgan fingerprint density at radius 1 is 1.05 bits per heavy atom. The molecule has 1 unspecified atom stereocenters. The van der Waals surface area contributed by atoms with E-state index >= 15 is 0 Å². The molecule has 5 heteroatoms. The molecule has 0 saturated heterocycles. The van der Waals surface area contributed by atoms with E-state index in [1.54, 1.807) is 0 Å². The average molecular weight is 299 g/mol. The van der Waals surface area contributed by atoms with Crippen LogP contribution < -0.4 is 5.32 Å². The van der Waals surface area contributed by atoms with Crippen molar-refractivity contribution in [1.29, 1.82) is 0 Å². The molecule has 0 amide bonds.